The van der Waals surface area contributed by atoms with Crippen molar-refractivity contribution in [1.29, 1.82) is 0 Å². The zero-order valence-electron chi connectivity index (χ0n) is 12.3. The van der Waals surface area contributed by atoms with E-state index in [1.54, 1.807) is 7.11 Å². The van der Waals surface area contributed by atoms with Crippen LogP contribution in [0.4, 0.5) is 0 Å². The third-order valence-electron chi connectivity index (χ3n) is 4.34. The second kappa shape index (κ2) is 7.74. The molecule has 1 saturated heterocycles. The van der Waals surface area contributed by atoms with E-state index in [4.69, 9.17) is 9.47 Å². The maximum atomic E-state index is 12.2. The first kappa shape index (κ1) is 15.4. The van der Waals surface area contributed by atoms with Gasteiger partial charge in [-0.15, -0.1) is 0 Å². The molecule has 1 amide bonds. The van der Waals surface area contributed by atoms with E-state index >= 15 is 0 Å². The summed E-state index contributed by atoms with van der Waals surface area (Å²) < 4.78 is 10.2. The third kappa shape index (κ3) is 3.79. The van der Waals surface area contributed by atoms with Crippen LogP contribution in [0.25, 0.3) is 0 Å². The van der Waals surface area contributed by atoms with Crippen LogP contribution in [0, 0.1) is 5.92 Å². The normalized spacial score (nSPS) is 27.1. The van der Waals surface area contributed by atoms with Gasteiger partial charge in [0.25, 0.3) is 0 Å². The lowest BCUT2D eigenvalue weighted by atomic mass is 9.82. The SMILES string of the molecule is COCCOCC(=O)N1CCCC1C1CCCCC1=O. The van der Waals surface area contributed by atoms with Gasteiger partial charge < -0.3 is 14.4 Å². The van der Waals surface area contributed by atoms with E-state index in [2.05, 4.69) is 0 Å². The first-order valence-corrected chi connectivity index (χ1v) is 7.63. The molecule has 2 unspecified atom stereocenters. The van der Waals surface area contributed by atoms with Crippen LogP contribution in [-0.2, 0) is 19.1 Å². The van der Waals surface area contributed by atoms with E-state index in [0.29, 0.717) is 25.4 Å². The number of ketones is 1. The highest BCUT2D eigenvalue weighted by Gasteiger charge is 2.38. The maximum Gasteiger partial charge on any atom is 0.248 e. The summed E-state index contributed by atoms with van der Waals surface area (Å²) in [6.07, 6.45) is 5.71. The molecule has 0 aromatic carbocycles. The Morgan fingerprint density at radius 1 is 1.25 bits per heavy atom. The summed E-state index contributed by atoms with van der Waals surface area (Å²) in [5.74, 6) is 0.428. The first-order chi connectivity index (χ1) is 9.74. The topological polar surface area (TPSA) is 55.8 Å². The number of hydrogen-bond acceptors (Lipinski definition) is 4. The van der Waals surface area contributed by atoms with Crippen molar-refractivity contribution >= 4 is 11.7 Å². The van der Waals surface area contributed by atoms with Gasteiger partial charge in [-0.3, -0.25) is 9.59 Å². The molecule has 5 nitrogen and oxygen atoms in total. The van der Waals surface area contributed by atoms with Gasteiger partial charge in [0.1, 0.15) is 12.4 Å². The molecular weight excluding hydrogens is 258 g/mol. The van der Waals surface area contributed by atoms with Gasteiger partial charge in [-0.25, -0.2) is 0 Å². The number of hydrogen-bond donors (Lipinski definition) is 0. The molecule has 0 aromatic heterocycles. The van der Waals surface area contributed by atoms with Gasteiger partial charge in [0.05, 0.1) is 13.2 Å². The Morgan fingerprint density at radius 2 is 2.10 bits per heavy atom. The van der Waals surface area contributed by atoms with Crippen LogP contribution in [0.3, 0.4) is 0 Å². The Hall–Kier alpha value is -0.940. The van der Waals surface area contributed by atoms with Crippen LogP contribution in [0.5, 0.6) is 0 Å². The lowest BCUT2D eigenvalue weighted by Crippen LogP contribution is -2.45. The molecule has 114 valence electrons. The third-order valence-corrected chi connectivity index (χ3v) is 4.34. The quantitative estimate of drug-likeness (QED) is 0.691. The second-order valence-corrected chi connectivity index (χ2v) is 5.66. The molecule has 0 radical (unpaired) electrons. The number of methoxy groups -OCH3 is 1. The van der Waals surface area contributed by atoms with Crippen molar-refractivity contribution in [3.8, 4) is 0 Å². The summed E-state index contributed by atoms with van der Waals surface area (Å²) in [5, 5.41) is 0. The monoisotopic (exact) mass is 283 g/mol. The van der Waals surface area contributed by atoms with Gasteiger partial charge in [-0.05, 0) is 25.7 Å². The largest absolute Gasteiger partial charge is 0.382 e. The van der Waals surface area contributed by atoms with Crippen molar-refractivity contribution in [2.75, 3.05) is 33.5 Å². The van der Waals surface area contributed by atoms with E-state index in [-0.39, 0.29) is 24.5 Å². The number of Topliss-reactive ketones (excluding diaryl/α,β-unsaturated/α-hetero) is 1. The minimum atomic E-state index is 0.0157. The van der Waals surface area contributed by atoms with Crippen molar-refractivity contribution in [2.45, 2.75) is 44.6 Å². The van der Waals surface area contributed by atoms with Crippen LogP contribution in [0.2, 0.25) is 0 Å². The number of carbonyl (C=O) groups is 2. The number of rotatable bonds is 6. The van der Waals surface area contributed by atoms with Crippen molar-refractivity contribution in [3.05, 3.63) is 0 Å². The molecule has 2 fully saturated rings. The van der Waals surface area contributed by atoms with Crippen molar-refractivity contribution in [2.24, 2.45) is 5.92 Å². The van der Waals surface area contributed by atoms with Gasteiger partial charge in [0, 0.05) is 32.0 Å². The molecule has 1 aliphatic carbocycles. The molecule has 2 rings (SSSR count). The van der Waals surface area contributed by atoms with Crippen molar-refractivity contribution in [1.82, 2.24) is 4.90 Å². The molecule has 1 heterocycles. The zero-order valence-corrected chi connectivity index (χ0v) is 12.3. The minimum absolute atomic E-state index is 0.0157. The fraction of sp³-hybridized carbons (Fsp3) is 0.867. The molecule has 1 aliphatic heterocycles. The molecule has 0 bridgehead atoms. The number of carbonyl (C=O) groups excluding carboxylic acids is 2. The van der Waals surface area contributed by atoms with Gasteiger partial charge >= 0.3 is 0 Å². The Bertz CT molecular complexity index is 345. The van der Waals surface area contributed by atoms with Gasteiger partial charge in [-0.1, -0.05) is 6.42 Å². The number of nitrogens with zero attached hydrogens (tertiary/aromatic N) is 1. The predicted octanol–water partition coefficient (Wildman–Crippen LogP) is 1.40. The molecule has 0 N–H and O–H groups in total. The Kier molecular flexibility index (Phi) is 5.98. The smallest absolute Gasteiger partial charge is 0.248 e. The van der Waals surface area contributed by atoms with E-state index in [9.17, 15) is 9.59 Å². The first-order valence-electron chi connectivity index (χ1n) is 7.63. The van der Waals surface area contributed by atoms with Crippen molar-refractivity contribution in [3.63, 3.8) is 0 Å². The molecule has 1 saturated carbocycles. The average Bonchev–Trinajstić information content (AvgIpc) is 2.93. The van der Waals surface area contributed by atoms with Crippen LogP contribution < -0.4 is 0 Å². The van der Waals surface area contributed by atoms with Crippen LogP contribution in [0.15, 0.2) is 0 Å². The molecule has 0 aromatic rings. The molecule has 2 aliphatic rings. The highest BCUT2D eigenvalue weighted by molar-refractivity contribution is 5.84. The fourth-order valence-electron chi connectivity index (χ4n) is 3.32. The number of ether oxygens (including phenoxy) is 2. The maximum absolute atomic E-state index is 12.2. The Balaban J connectivity index is 1.86. The van der Waals surface area contributed by atoms with Gasteiger partial charge in [0.15, 0.2) is 0 Å². The second-order valence-electron chi connectivity index (χ2n) is 5.66. The van der Waals surface area contributed by atoms with Crippen LogP contribution in [-0.4, -0.2) is 56.1 Å². The number of likely N-dealkylation sites (tertiary alicyclic amines) is 1. The molecule has 2 atom stereocenters. The fourth-order valence-corrected chi connectivity index (χ4v) is 3.32. The van der Waals surface area contributed by atoms with Crippen LogP contribution >= 0.6 is 0 Å². The summed E-state index contributed by atoms with van der Waals surface area (Å²) in [5.41, 5.74) is 0. The number of amides is 1. The summed E-state index contributed by atoms with van der Waals surface area (Å²) >= 11 is 0. The van der Waals surface area contributed by atoms with E-state index < -0.39 is 0 Å². The minimum Gasteiger partial charge on any atom is -0.382 e. The summed E-state index contributed by atoms with van der Waals surface area (Å²) in [6, 6.07) is 0.112. The summed E-state index contributed by atoms with van der Waals surface area (Å²) in [6.45, 7) is 1.79. The Labute approximate surface area is 120 Å². The zero-order chi connectivity index (χ0) is 14.4. The highest BCUT2D eigenvalue weighted by atomic mass is 16.5. The standard InChI is InChI=1S/C15H25NO4/c1-19-9-10-20-11-15(18)16-8-4-6-13(16)12-5-2-3-7-14(12)17/h12-13H,2-11H2,1H3. The molecular formula is C15H25NO4. The Morgan fingerprint density at radius 3 is 2.85 bits per heavy atom. The summed E-state index contributed by atoms with van der Waals surface area (Å²) in [7, 11) is 1.61. The average molecular weight is 283 g/mol. The van der Waals surface area contributed by atoms with E-state index in [0.717, 1.165) is 38.6 Å². The van der Waals surface area contributed by atoms with Crippen LogP contribution in [0.1, 0.15) is 38.5 Å². The molecule has 0 spiro atoms. The highest BCUT2D eigenvalue weighted by Crippen LogP contribution is 2.32. The molecule has 5 heteroatoms. The lowest BCUT2D eigenvalue weighted by molar-refractivity contribution is -0.140. The van der Waals surface area contributed by atoms with Crippen molar-refractivity contribution < 1.29 is 19.1 Å². The van der Waals surface area contributed by atoms with E-state index in [1.807, 2.05) is 4.90 Å². The predicted molar refractivity (Wildman–Crippen MR) is 74.4 cm³/mol. The van der Waals surface area contributed by atoms with Gasteiger partial charge in [-0.2, -0.15) is 0 Å². The van der Waals surface area contributed by atoms with E-state index in [1.165, 1.54) is 0 Å². The van der Waals surface area contributed by atoms with Gasteiger partial charge in [0.2, 0.25) is 5.91 Å². The summed E-state index contributed by atoms with van der Waals surface area (Å²) in [4.78, 5) is 26.2. The molecule has 20 heavy (non-hydrogen) atoms. The lowest BCUT2D eigenvalue weighted by Gasteiger charge is -2.33.